The van der Waals surface area contributed by atoms with Gasteiger partial charge in [-0.15, -0.1) is 4.91 Å². The van der Waals surface area contributed by atoms with Crippen molar-refractivity contribution in [3.8, 4) is 0 Å². The molecule has 2 rings (SSSR count). The van der Waals surface area contributed by atoms with Crippen LogP contribution in [0, 0.1) is 4.91 Å². The van der Waals surface area contributed by atoms with Crippen molar-refractivity contribution in [3.05, 3.63) is 34.5 Å². The molecule has 0 saturated heterocycles. The number of pyridine rings is 1. The zero-order valence-corrected chi connectivity index (χ0v) is 9.21. The van der Waals surface area contributed by atoms with E-state index in [1.807, 2.05) is 13.8 Å². The average Bonchev–Trinajstić information content (AvgIpc) is 2.67. The van der Waals surface area contributed by atoms with Gasteiger partial charge in [0.05, 0.1) is 12.3 Å². The second kappa shape index (κ2) is 4.02. The third-order valence-electron chi connectivity index (χ3n) is 2.54. The fourth-order valence-electron chi connectivity index (χ4n) is 1.73. The molecule has 0 fully saturated rings. The predicted molar refractivity (Wildman–Crippen MR) is 60.7 cm³/mol. The highest BCUT2D eigenvalue weighted by molar-refractivity contribution is 5.57. The minimum absolute atomic E-state index is 0.100. The van der Waals surface area contributed by atoms with Crippen molar-refractivity contribution in [1.82, 2.24) is 9.38 Å². The molecule has 2 aromatic rings. The molecule has 0 aliphatic heterocycles. The number of imidazole rings is 1. The van der Waals surface area contributed by atoms with Crippen molar-refractivity contribution < 1.29 is 5.11 Å². The quantitative estimate of drug-likeness (QED) is 0.805. The Bertz CT molecular complexity index is 531. The van der Waals surface area contributed by atoms with E-state index < -0.39 is 0 Å². The minimum atomic E-state index is -0.100. The van der Waals surface area contributed by atoms with Crippen molar-refractivity contribution in [3.63, 3.8) is 0 Å². The van der Waals surface area contributed by atoms with E-state index in [4.69, 9.17) is 0 Å². The van der Waals surface area contributed by atoms with Crippen LogP contribution in [0.15, 0.2) is 23.5 Å². The smallest absolute Gasteiger partial charge is 0.205 e. The number of aliphatic hydroxyl groups excluding tert-OH is 1. The summed E-state index contributed by atoms with van der Waals surface area (Å²) in [6.45, 7) is 3.81. The molecular weight excluding hydrogens is 206 g/mol. The van der Waals surface area contributed by atoms with Gasteiger partial charge in [0.25, 0.3) is 0 Å². The van der Waals surface area contributed by atoms with Gasteiger partial charge in [-0.25, -0.2) is 4.98 Å². The number of aliphatic hydroxyl groups is 1. The van der Waals surface area contributed by atoms with Crippen LogP contribution in [0.4, 0.5) is 5.82 Å². The Morgan fingerprint density at radius 1 is 1.56 bits per heavy atom. The van der Waals surface area contributed by atoms with E-state index >= 15 is 0 Å². The van der Waals surface area contributed by atoms with Gasteiger partial charge in [0.2, 0.25) is 5.82 Å². The van der Waals surface area contributed by atoms with Crippen LogP contribution in [-0.4, -0.2) is 14.5 Å². The largest absolute Gasteiger partial charge is 0.392 e. The number of rotatable bonds is 3. The Balaban J connectivity index is 2.80. The van der Waals surface area contributed by atoms with Crippen molar-refractivity contribution >= 4 is 11.5 Å². The Hall–Kier alpha value is -1.75. The fourth-order valence-corrected chi connectivity index (χ4v) is 1.73. The van der Waals surface area contributed by atoms with E-state index in [2.05, 4.69) is 10.2 Å². The number of nitrogens with zero attached hydrogens (tertiary/aromatic N) is 3. The zero-order chi connectivity index (χ0) is 11.7. The Kier molecular flexibility index (Phi) is 2.70. The van der Waals surface area contributed by atoms with E-state index in [1.54, 1.807) is 22.7 Å². The summed E-state index contributed by atoms with van der Waals surface area (Å²) >= 11 is 0. The SMILES string of the molecule is CC(C)c1nc2c(CO)cccn2c1N=O. The summed E-state index contributed by atoms with van der Waals surface area (Å²) in [7, 11) is 0. The molecule has 5 heteroatoms. The first-order valence-electron chi connectivity index (χ1n) is 5.13. The van der Waals surface area contributed by atoms with Crippen LogP contribution in [0.1, 0.15) is 31.0 Å². The third-order valence-corrected chi connectivity index (χ3v) is 2.54. The molecule has 0 saturated carbocycles. The monoisotopic (exact) mass is 219 g/mol. The summed E-state index contributed by atoms with van der Waals surface area (Å²) in [6, 6.07) is 3.54. The van der Waals surface area contributed by atoms with E-state index in [0.717, 1.165) is 0 Å². The van der Waals surface area contributed by atoms with E-state index in [9.17, 15) is 10.0 Å². The van der Waals surface area contributed by atoms with Crippen molar-refractivity contribution in [2.24, 2.45) is 5.18 Å². The normalized spacial score (nSPS) is 11.2. The van der Waals surface area contributed by atoms with Crippen LogP contribution in [0.25, 0.3) is 5.65 Å². The third kappa shape index (κ3) is 1.49. The maximum Gasteiger partial charge on any atom is 0.205 e. The molecule has 0 aromatic carbocycles. The minimum Gasteiger partial charge on any atom is -0.392 e. The van der Waals surface area contributed by atoms with Gasteiger partial charge in [-0.1, -0.05) is 19.9 Å². The first-order chi connectivity index (χ1) is 7.69. The van der Waals surface area contributed by atoms with Gasteiger partial charge in [-0.05, 0) is 17.2 Å². The maximum absolute atomic E-state index is 10.8. The Morgan fingerprint density at radius 3 is 2.88 bits per heavy atom. The average molecular weight is 219 g/mol. The highest BCUT2D eigenvalue weighted by Gasteiger charge is 2.17. The van der Waals surface area contributed by atoms with Gasteiger partial charge < -0.3 is 5.11 Å². The number of hydrogen-bond acceptors (Lipinski definition) is 4. The second-order valence-electron chi connectivity index (χ2n) is 3.95. The predicted octanol–water partition coefficient (Wildman–Crippen LogP) is 2.35. The van der Waals surface area contributed by atoms with Gasteiger partial charge >= 0.3 is 0 Å². The van der Waals surface area contributed by atoms with Crippen LogP contribution in [0.5, 0.6) is 0 Å². The van der Waals surface area contributed by atoms with Crippen LogP contribution < -0.4 is 0 Å². The molecule has 0 spiro atoms. The topological polar surface area (TPSA) is 67.0 Å². The molecule has 2 heterocycles. The summed E-state index contributed by atoms with van der Waals surface area (Å²) in [6.07, 6.45) is 1.73. The lowest BCUT2D eigenvalue weighted by atomic mass is 10.1. The number of hydrogen-bond donors (Lipinski definition) is 1. The van der Waals surface area contributed by atoms with E-state index in [0.29, 0.717) is 22.7 Å². The lowest BCUT2D eigenvalue weighted by Crippen LogP contribution is -1.90. The summed E-state index contributed by atoms with van der Waals surface area (Å²) in [5.41, 5.74) is 1.96. The highest BCUT2D eigenvalue weighted by Crippen LogP contribution is 2.28. The molecule has 0 radical (unpaired) electrons. The molecule has 0 aliphatic rings. The Labute approximate surface area is 92.7 Å². The molecule has 0 bridgehead atoms. The molecule has 0 atom stereocenters. The van der Waals surface area contributed by atoms with Gasteiger partial charge in [0, 0.05) is 11.8 Å². The first-order valence-corrected chi connectivity index (χ1v) is 5.13. The molecule has 2 aromatic heterocycles. The van der Waals surface area contributed by atoms with Crippen molar-refractivity contribution in [1.29, 1.82) is 0 Å². The summed E-state index contributed by atoms with van der Waals surface area (Å²) in [5.74, 6) is 0.444. The number of nitroso groups, excluding NO2 is 1. The standard InChI is InChI=1S/C11H13N3O2/c1-7(2)9-11(13-16)14-5-3-4-8(6-15)10(14)12-9/h3-5,7,15H,6H2,1-2H3. The van der Waals surface area contributed by atoms with Crippen LogP contribution in [0.2, 0.25) is 0 Å². The van der Waals surface area contributed by atoms with Crippen molar-refractivity contribution in [2.45, 2.75) is 26.4 Å². The van der Waals surface area contributed by atoms with Gasteiger partial charge in [-0.2, -0.15) is 0 Å². The van der Waals surface area contributed by atoms with Crippen LogP contribution in [0.3, 0.4) is 0 Å². The first kappa shape index (κ1) is 10.8. The molecule has 16 heavy (non-hydrogen) atoms. The van der Waals surface area contributed by atoms with Gasteiger partial charge in [0.1, 0.15) is 5.65 Å². The molecule has 5 nitrogen and oxygen atoms in total. The number of fused-ring (bicyclic) bond motifs is 1. The lowest BCUT2D eigenvalue weighted by molar-refractivity contribution is 0.282. The van der Waals surface area contributed by atoms with Gasteiger partial charge in [0.15, 0.2) is 0 Å². The number of aromatic nitrogens is 2. The zero-order valence-electron chi connectivity index (χ0n) is 9.21. The molecule has 0 amide bonds. The second-order valence-corrected chi connectivity index (χ2v) is 3.95. The van der Waals surface area contributed by atoms with E-state index in [1.165, 1.54) is 0 Å². The lowest BCUT2D eigenvalue weighted by Gasteiger charge is -1.99. The molecule has 1 N–H and O–H groups in total. The Morgan fingerprint density at radius 2 is 2.31 bits per heavy atom. The van der Waals surface area contributed by atoms with Crippen LogP contribution >= 0.6 is 0 Å². The van der Waals surface area contributed by atoms with Crippen LogP contribution in [-0.2, 0) is 6.61 Å². The fraction of sp³-hybridized carbons (Fsp3) is 0.364. The van der Waals surface area contributed by atoms with E-state index in [-0.39, 0.29) is 12.5 Å². The summed E-state index contributed by atoms with van der Waals surface area (Å²) in [4.78, 5) is 15.2. The molecule has 0 aliphatic carbocycles. The highest BCUT2D eigenvalue weighted by atomic mass is 16.3. The van der Waals surface area contributed by atoms with Gasteiger partial charge in [-0.3, -0.25) is 4.40 Å². The molecule has 84 valence electrons. The summed E-state index contributed by atoms with van der Waals surface area (Å²) < 4.78 is 1.62. The van der Waals surface area contributed by atoms with Crippen molar-refractivity contribution in [2.75, 3.05) is 0 Å². The molecular formula is C11H13N3O2. The molecule has 0 unspecified atom stereocenters. The maximum atomic E-state index is 10.8. The summed E-state index contributed by atoms with van der Waals surface area (Å²) in [5, 5.41) is 12.2.